The molecule has 0 bridgehead atoms. The van der Waals surface area contributed by atoms with Crippen LogP contribution in [0, 0.1) is 5.82 Å². The number of carbonyl (C=O) groups excluding carboxylic acids is 1. The maximum absolute atomic E-state index is 12.9. The fourth-order valence-electron chi connectivity index (χ4n) is 1.61. The molecule has 0 aliphatic rings. The maximum Gasteiger partial charge on any atom is 0.224 e. The van der Waals surface area contributed by atoms with Gasteiger partial charge in [0.15, 0.2) is 0 Å². The molecule has 3 nitrogen and oxygen atoms in total. The number of halogens is 1. The lowest BCUT2D eigenvalue weighted by molar-refractivity contribution is -0.120. The number of hydrogen-bond donors (Lipinski definition) is 2. The van der Waals surface area contributed by atoms with Crippen molar-refractivity contribution < 1.29 is 9.18 Å². The molecule has 1 amide bonds. The molecule has 4 heteroatoms. The Labute approximate surface area is 101 Å². The highest BCUT2D eigenvalue weighted by molar-refractivity contribution is 5.78. The van der Waals surface area contributed by atoms with Crippen molar-refractivity contribution in [1.82, 2.24) is 5.32 Å². The van der Waals surface area contributed by atoms with Crippen LogP contribution in [0.5, 0.6) is 0 Å². The minimum Gasteiger partial charge on any atom is -0.354 e. The molecule has 1 rings (SSSR count). The van der Waals surface area contributed by atoms with Crippen molar-refractivity contribution in [2.75, 3.05) is 6.54 Å². The van der Waals surface area contributed by atoms with E-state index in [2.05, 4.69) is 12.2 Å². The van der Waals surface area contributed by atoms with Crippen molar-refractivity contribution in [1.29, 1.82) is 0 Å². The minimum atomic E-state index is -0.321. The first-order valence-corrected chi connectivity index (χ1v) is 5.88. The van der Waals surface area contributed by atoms with Crippen molar-refractivity contribution in [2.24, 2.45) is 5.73 Å². The summed E-state index contributed by atoms with van der Waals surface area (Å²) < 4.78 is 12.9. The van der Waals surface area contributed by atoms with Crippen molar-refractivity contribution >= 4 is 5.91 Å². The molecule has 3 N–H and O–H groups in total. The molecule has 1 atom stereocenters. The second-order valence-electron chi connectivity index (χ2n) is 4.16. The monoisotopic (exact) mass is 238 g/mol. The summed E-state index contributed by atoms with van der Waals surface area (Å²) in [5, 5.41) is 2.75. The first-order chi connectivity index (χ1) is 8.11. The van der Waals surface area contributed by atoms with Gasteiger partial charge in [0.05, 0.1) is 6.42 Å². The van der Waals surface area contributed by atoms with E-state index in [1.807, 2.05) is 0 Å². The van der Waals surface area contributed by atoms with Crippen LogP contribution < -0.4 is 11.1 Å². The zero-order chi connectivity index (χ0) is 12.7. The molecule has 0 spiro atoms. The summed E-state index contributed by atoms with van der Waals surface area (Å²) in [6, 6.07) is 6.05. The molecule has 17 heavy (non-hydrogen) atoms. The van der Waals surface area contributed by atoms with Gasteiger partial charge in [-0.1, -0.05) is 25.5 Å². The van der Waals surface area contributed by atoms with Crippen LogP contribution in [0.2, 0.25) is 0 Å². The van der Waals surface area contributed by atoms with Gasteiger partial charge in [0.25, 0.3) is 0 Å². The molecule has 0 fully saturated rings. The third-order valence-corrected chi connectivity index (χ3v) is 2.47. The van der Waals surface area contributed by atoms with Gasteiger partial charge in [0.1, 0.15) is 5.82 Å². The van der Waals surface area contributed by atoms with E-state index in [4.69, 9.17) is 5.73 Å². The van der Waals surface area contributed by atoms with Crippen LogP contribution in [0.4, 0.5) is 4.39 Å². The van der Waals surface area contributed by atoms with Gasteiger partial charge in [-0.2, -0.15) is 0 Å². The molecular formula is C13H19FN2O. The number of nitrogens with two attached hydrogens (primary N) is 1. The van der Waals surface area contributed by atoms with Gasteiger partial charge in [-0.3, -0.25) is 4.79 Å². The fraction of sp³-hybridized carbons (Fsp3) is 0.462. The van der Waals surface area contributed by atoms with E-state index in [0.29, 0.717) is 12.1 Å². The predicted molar refractivity (Wildman–Crippen MR) is 66.0 cm³/mol. The van der Waals surface area contributed by atoms with Crippen molar-refractivity contribution in [3.63, 3.8) is 0 Å². The first-order valence-electron chi connectivity index (χ1n) is 5.88. The van der Waals surface area contributed by atoms with E-state index in [9.17, 15) is 9.18 Å². The van der Waals surface area contributed by atoms with Gasteiger partial charge in [-0.25, -0.2) is 4.39 Å². The highest BCUT2D eigenvalue weighted by Crippen LogP contribution is 2.04. The van der Waals surface area contributed by atoms with E-state index in [1.165, 1.54) is 12.1 Å². The van der Waals surface area contributed by atoms with E-state index < -0.39 is 0 Å². The Morgan fingerprint density at radius 2 is 2.29 bits per heavy atom. The Kier molecular flexibility index (Phi) is 5.63. The lowest BCUT2D eigenvalue weighted by atomic mass is 10.1. The Hall–Kier alpha value is -1.42. The molecule has 0 saturated carbocycles. The molecule has 0 aliphatic carbocycles. The largest absolute Gasteiger partial charge is 0.354 e. The van der Waals surface area contributed by atoms with E-state index in [1.54, 1.807) is 12.1 Å². The van der Waals surface area contributed by atoms with Gasteiger partial charge < -0.3 is 11.1 Å². The summed E-state index contributed by atoms with van der Waals surface area (Å²) in [5.41, 5.74) is 6.45. The summed E-state index contributed by atoms with van der Waals surface area (Å²) in [5.74, 6) is -0.444. The standard InChI is InChI=1S/C13H19FN2O/c1-2-4-12(15)9-16-13(17)8-10-5-3-6-11(14)7-10/h3,5-7,12H,2,4,8-9,15H2,1H3,(H,16,17). The summed E-state index contributed by atoms with van der Waals surface area (Å²) in [4.78, 5) is 11.5. The number of nitrogens with one attached hydrogen (secondary N) is 1. The van der Waals surface area contributed by atoms with Crippen LogP contribution in [-0.2, 0) is 11.2 Å². The highest BCUT2D eigenvalue weighted by atomic mass is 19.1. The summed E-state index contributed by atoms with van der Waals surface area (Å²) in [6.07, 6.45) is 2.08. The molecule has 0 saturated heterocycles. The number of rotatable bonds is 6. The predicted octanol–water partition coefficient (Wildman–Crippen LogP) is 1.61. The Morgan fingerprint density at radius 3 is 2.94 bits per heavy atom. The Balaban J connectivity index is 2.34. The molecule has 94 valence electrons. The summed E-state index contributed by atoms with van der Waals surface area (Å²) >= 11 is 0. The first kappa shape index (κ1) is 13.6. The molecule has 0 radical (unpaired) electrons. The number of amides is 1. The molecule has 0 aliphatic heterocycles. The third kappa shape index (κ3) is 5.45. The molecule has 0 heterocycles. The van der Waals surface area contributed by atoms with Crippen molar-refractivity contribution in [2.45, 2.75) is 32.2 Å². The zero-order valence-electron chi connectivity index (χ0n) is 10.1. The average molecular weight is 238 g/mol. The van der Waals surface area contributed by atoms with Gasteiger partial charge in [-0.15, -0.1) is 0 Å². The van der Waals surface area contributed by atoms with E-state index in [0.717, 1.165) is 12.8 Å². The van der Waals surface area contributed by atoms with Crippen LogP contribution in [0.25, 0.3) is 0 Å². The van der Waals surface area contributed by atoms with Crippen LogP contribution in [-0.4, -0.2) is 18.5 Å². The Bertz CT molecular complexity index is 368. The van der Waals surface area contributed by atoms with E-state index in [-0.39, 0.29) is 24.2 Å². The fourth-order valence-corrected chi connectivity index (χ4v) is 1.61. The van der Waals surface area contributed by atoms with Crippen molar-refractivity contribution in [3.8, 4) is 0 Å². The number of carbonyl (C=O) groups is 1. The highest BCUT2D eigenvalue weighted by Gasteiger charge is 2.06. The summed E-state index contributed by atoms with van der Waals surface area (Å²) in [6.45, 7) is 2.52. The van der Waals surface area contributed by atoms with Crippen molar-refractivity contribution in [3.05, 3.63) is 35.6 Å². The number of benzene rings is 1. The second kappa shape index (κ2) is 7.01. The normalized spacial score (nSPS) is 12.2. The molecular weight excluding hydrogens is 219 g/mol. The third-order valence-electron chi connectivity index (χ3n) is 2.47. The topological polar surface area (TPSA) is 55.1 Å². The van der Waals surface area contributed by atoms with Crippen LogP contribution in [0.15, 0.2) is 24.3 Å². The summed E-state index contributed by atoms with van der Waals surface area (Å²) in [7, 11) is 0. The maximum atomic E-state index is 12.9. The second-order valence-corrected chi connectivity index (χ2v) is 4.16. The SMILES string of the molecule is CCCC(N)CNC(=O)Cc1cccc(F)c1. The quantitative estimate of drug-likeness (QED) is 0.791. The van der Waals surface area contributed by atoms with Gasteiger partial charge in [-0.05, 0) is 24.1 Å². The lowest BCUT2D eigenvalue weighted by Crippen LogP contribution is -2.37. The zero-order valence-corrected chi connectivity index (χ0v) is 10.1. The lowest BCUT2D eigenvalue weighted by Gasteiger charge is -2.11. The van der Waals surface area contributed by atoms with Gasteiger partial charge in [0.2, 0.25) is 5.91 Å². The van der Waals surface area contributed by atoms with E-state index >= 15 is 0 Å². The number of hydrogen-bond acceptors (Lipinski definition) is 2. The molecule has 1 aromatic carbocycles. The van der Waals surface area contributed by atoms with Crippen LogP contribution >= 0.6 is 0 Å². The molecule has 1 aromatic rings. The molecule has 0 aromatic heterocycles. The van der Waals surface area contributed by atoms with Crippen LogP contribution in [0.3, 0.4) is 0 Å². The Morgan fingerprint density at radius 1 is 1.53 bits per heavy atom. The minimum absolute atomic E-state index is 0.00328. The van der Waals surface area contributed by atoms with Gasteiger partial charge in [0, 0.05) is 12.6 Å². The smallest absolute Gasteiger partial charge is 0.224 e. The molecule has 1 unspecified atom stereocenters. The van der Waals surface area contributed by atoms with Crippen LogP contribution in [0.1, 0.15) is 25.3 Å². The van der Waals surface area contributed by atoms with Gasteiger partial charge >= 0.3 is 0 Å². The average Bonchev–Trinajstić information content (AvgIpc) is 2.27.